The fourth-order valence-corrected chi connectivity index (χ4v) is 4.05. The Labute approximate surface area is 153 Å². The van der Waals surface area contributed by atoms with Crippen LogP contribution in [0.15, 0.2) is 60.0 Å². The van der Waals surface area contributed by atoms with Crippen LogP contribution in [0, 0.1) is 0 Å². The number of pyridine rings is 1. The summed E-state index contributed by atoms with van der Waals surface area (Å²) in [5.41, 5.74) is 1.35. The Kier molecular flexibility index (Phi) is 4.00. The number of nitrogens with zero attached hydrogens (tertiary/aromatic N) is 3. The van der Waals surface area contributed by atoms with Crippen LogP contribution in [0.25, 0.3) is 10.2 Å². The van der Waals surface area contributed by atoms with Gasteiger partial charge in [-0.3, -0.25) is 19.5 Å². The van der Waals surface area contributed by atoms with Crippen molar-refractivity contribution >= 4 is 38.4 Å². The molecule has 0 aliphatic carbocycles. The number of anilines is 1. The third-order valence-corrected chi connectivity index (χ3v) is 5.32. The number of rotatable bonds is 4. The van der Waals surface area contributed by atoms with Gasteiger partial charge in [-0.1, -0.05) is 36.5 Å². The SMILES string of the molecule is CCC(=O)C1=C(O)C(=O)N(c2nc3ccccc3s2)C1c1ccccn1. The fraction of sp³-hybridized carbons (Fsp3) is 0.158. The molecule has 0 saturated heterocycles. The van der Waals surface area contributed by atoms with Crippen LogP contribution in [0.4, 0.5) is 5.13 Å². The smallest absolute Gasteiger partial charge is 0.296 e. The van der Waals surface area contributed by atoms with Gasteiger partial charge in [0, 0.05) is 12.6 Å². The van der Waals surface area contributed by atoms with E-state index in [0.29, 0.717) is 10.8 Å². The van der Waals surface area contributed by atoms with Gasteiger partial charge >= 0.3 is 0 Å². The topological polar surface area (TPSA) is 83.4 Å². The lowest BCUT2D eigenvalue weighted by atomic mass is 9.99. The summed E-state index contributed by atoms with van der Waals surface area (Å²) in [5.74, 6) is -1.43. The van der Waals surface area contributed by atoms with E-state index in [-0.39, 0.29) is 17.8 Å². The Hall–Kier alpha value is -3.06. The third kappa shape index (κ3) is 2.48. The highest BCUT2D eigenvalue weighted by molar-refractivity contribution is 7.22. The van der Waals surface area contributed by atoms with Gasteiger partial charge in [0.1, 0.15) is 6.04 Å². The molecule has 3 heterocycles. The van der Waals surface area contributed by atoms with E-state index in [1.807, 2.05) is 24.3 Å². The first-order valence-corrected chi connectivity index (χ1v) is 9.00. The maximum Gasteiger partial charge on any atom is 0.296 e. The van der Waals surface area contributed by atoms with Crippen molar-refractivity contribution in [1.29, 1.82) is 0 Å². The second kappa shape index (κ2) is 6.34. The predicted molar refractivity (Wildman–Crippen MR) is 99.0 cm³/mol. The van der Waals surface area contributed by atoms with Crippen LogP contribution in [0.3, 0.4) is 0 Å². The first-order chi connectivity index (χ1) is 12.6. The first-order valence-electron chi connectivity index (χ1n) is 8.18. The lowest BCUT2D eigenvalue weighted by Gasteiger charge is -2.23. The van der Waals surface area contributed by atoms with Crippen LogP contribution in [-0.2, 0) is 9.59 Å². The Morgan fingerprint density at radius 1 is 1.23 bits per heavy atom. The molecule has 1 unspecified atom stereocenters. The van der Waals surface area contributed by atoms with E-state index in [1.54, 1.807) is 31.3 Å². The molecular formula is C19H15N3O3S. The molecule has 6 nitrogen and oxygen atoms in total. The summed E-state index contributed by atoms with van der Waals surface area (Å²) in [6.45, 7) is 1.70. The van der Waals surface area contributed by atoms with Crippen molar-refractivity contribution in [2.24, 2.45) is 0 Å². The largest absolute Gasteiger partial charge is 0.503 e. The Bertz CT molecular complexity index is 1010. The highest BCUT2D eigenvalue weighted by atomic mass is 32.1. The van der Waals surface area contributed by atoms with Crippen molar-refractivity contribution in [2.45, 2.75) is 19.4 Å². The second-order valence-corrected chi connectivity index (χ2v) is 6.84. The monoisotopic (exact) mass is 365 g/mol. The quantitative estimate of drug-likeness (QED) is 0.764. The van der Waals surface area contributed by atoms with Gasteiger partial charge in [-0.25, -0.2) is 4.98 Å². The van der Waals surface area contributed by atoms with Gasteiger partial charge in [0.25, 0.3) is 5.91 Å². The molecule has 1 aromatic carbocycles. The highest BCUT2D eigenvalue weighted by Crippen LogP contribution is 2.42. The van der Waals surface area contributed by atoms with E-state index in [2.05, 4.69) is 9.97 Å². The first kappa shape index (κ1) is 16.4. The zero-order valence-electron chi connectivity index (χ0n) is 13.9. The molecule has 1 amide bonds. The van der Waals surface area contributed by atoms with E-state index in [0.717, 1.165) is 10.2 Å². The minimum absolute atomic E-state index is 0.0791. The van der Waals surface area contributed by atoms with E-state index in [1.165, 1.54) is 16.2 Å². The molecule has 0 radical (unpaired) electrons. The van der Waals surface area contributed by atoms with Gasteiger partial charge in [0.2, 0.25) is 0 Å². The molecule has 1 aliphatic rings. The summed E-state index contributed by atoms with van der Waals surface area (Å²) >= 11 is 1.34. The molecule has 3 aromatic rings. The van der Waals surface area contributed by atoms with Crippen molar-refractivity contribution in [3.05, 3.63) is 65.7 Å². The van der Waals surface area contributed by atoms with Crippen LogP contribution in [0.5, 0.6) is 0 Å². The minimum Gasteiger partial charge on any atom is -0.503 e. The van der Waals surface area contributed by atoms with Crippen LogP contribution in [0.2, 0.25) is 0 Å². The van der Waals surface area contributed by atoms with Crippen LogP contribution in [-0.4, -0.2) is 26.8 Å². The Morgan fingerprint density at radius 3 is 2.69 bits per heavy atom. The molecule has 1 atom stereocenters. The number of amides is 1. The number of carbonyl (C=O) groups is 2. The summed E-state index contributed by atoms with van der Waals surface area (Å²) in [4.78, 5) is 35.5. The average molecular weight is 365 g/mol. The summed E-state index contributed by atoms with van der Waals surface area (Å²) in [5, 5.41) is 10.8. The number of hydrogen-bond donors (Lipinski definition) is 1. The number of Topliss-reactive ketones (excluding diaryl/α,β-unsaturated/α-hetero) is 1. The summed E-state index contributed by atoms with van der Waals surface area (Å²) in [7, 11) is 0. The van der Waals surface area contributed by atoms with E-state index < -0.39 is 17.7 Å². The minimum atomic E-state index is -0.781. The zero-order chi connectivity index (χ0) is 18.3. The number of thiazole rings is 1. The molecule has 0 spiro atoms. The Balaban J connectivity index is 1.90. The molecule has 7 heteroatoms. The van der Waals surface area contributed by atoms with Crippen molar-refractivity contribution in [1.82, 2.24) is 9.97 Å². The fourth-order valence-electron chi connectivity index (χ4n) is 3.06. The standard InChI is InChI=1S/C19H15N3O3S/c1-2-13(23)15-16(12-8-5-6-10-20-12)22(18(25)17(15)24)19-21-11-7-3-4-9-14(11)26-19/h3-10,16,24H,2H2,1H3. The number of hydrogen-bond acceptors (Lipinski definition) is 6. The van der Waals surface area contributed by atoms with Gasteiger partial charge in [-0.05, 0) is 24.3 Å². The van der Waals surface area contributed by atoms with Gasteiger partial charge < -0.3 is 5.11 Å². The number of aliphatic hydroxyl groups is 1. The molecule has 1 aliphatic heterocycles. The molecular weight excluding hydrogens is 350 g/mol. The summed E-state index contributed by atoms with van der Waals surface area (Å²) < 4.78 is 0.921. The van der Waals surface area contributed by atoms with Gasteiger partial charge in [-0.15, -0.1) is 0 Å². The summed E-state index contributed by atoms with van der Waals surface area (Å²) in [6, 6.07) is 12.0. The molecule has 130 valence electrons. The summed E-state index contributed by atoms with van der Waals surface area (Å²) in [6.07, 6.45) is 1.78. The number of fused-ring (bicyclic) bond motifs is 1. The van der Waals surface area contributed by atoms with Crippen molar-refractivity contribution in [3.8, 4) is 0 Å². The van der Waals surface area contributed by atoms with Gasteiger partial charge in [0.05, 0.1) is 21.5 Å². The molecule has 26 heavy (non-hydrogen) atoms. The van der Waals surface area contributed by atoms with E-state index in [4.69, 9.17) is 0 Å². The van der Waals surface area contributed by atoms with Crippen molar-refractivity contribution < 1.29 is 14.7 Å². The number of aromatic nitrogens is 2. The second-order valence-electron chi connectivity index (χ2n) is 5.84. The lowest BCUT2D eigenvalue weighted by Crippen LogP contribution is -2.31. The molecule has 4 rings (SSSR count). The lowest BCUT2D eigenvalue weighted by molar-refractivity contribution is -0.118. The number of aliphatic hydroxyl groups excluding tert-OH is 1. The predicted octanol–water partition coefficient (Wildman–Crippen LogP) is 3.57. The number of para-hydroxylation sites is 1. The number of benzene rings is 1. The maximum atomic E-state index is 12.8. The van der Waals surface area contributed by atoms with Crippen molar-refractivity contribution in [2.75, 3.05) is 4.90 Å². The molecule has 1 N–H and O–H groups in total. The molecule has 0 saturated carbocycles. The molecule has 0 bridgehead atoms. The van der Waals surface area contributed by atoms with Crippen LogP contribution >= 0.6 is 11.3 Å². The van der Waals surface area contributed by atoms with E-state index >= 15 is 0 Å². The highest BCUT2D eigenvalue weighted by Gasteiger charge is 2.45. The van der Waals surface area contributed by atoms with Crippen LogP contribution < -0.4 is 4.90 Å². The van der Waals surface area contributed by atoms with Gasteiger partial charge in [0.15, 0.2) is 16.7 Å². The zero-order valence-corrected chi connectivity index (χ0v) is 14.7. The third-order valence-electron chi connectivity index (χ3n) is 4.29. The van der Waals surface area contributed by atoms with Crippen molar-refractivity contribution in [3.63, 3.8) is 0 Å². The van der Waals surface area contributed by atoms with E-state index in [9.17, 15) is 14.7 Å². The molecule has 0 fully saturated rings. The normalized spacial score (nSPS) is 17.3. The average Bonchev–Trinajstić information content (AvgIpc) is 3.21. The van der Waals surface area contributed by atoms with Crippen LogP contribution in [0.1, 0.15) is 25.1 Å². The Morgan fingerprint density at radius 2 is 2.00 bits per heavy atom. The maximum absolute atomic E-state index is 12.8. The molecule has 2 aromatic heterocycles. The van der Waals surface area contributed by atoms with Gasteiger partial charge in [-0.2, -0.15) is 0 Å². The number of carbonyl (C=O) groups excluding carboxylic acids is 2. The number of ketones is 1.